The number of halogens is 1. The lowest BCUT2D eigenvalue weighted by Gasteiger charge is -2.30. The van der Waals surface area contributed by atoms with Gasteiger partial charge in [0.15, 0.2) is 0 Å². The van der Waals surface area contributed by atoms with Gasteiger partial charge < -0.3 is 9.80 Å². The average Bonchev–Trinajstić information content (AvgIpc) is 3.11. The topological polar surface area (TPSA) is 40.6 Å². The molecule has 30 heavy (non-hydrogen) atoms. The molecule has 4 nitrogen and oxygen atoms in total. The molecule has 2 amide bonds. The van der Waals surface area contributed by atoms with Crippen LogP contribution in [0, 0.1) is 11.7 Å². The Morgan fingerprint density at radius 1 is 1.03 bits per heavy atom. The molecule has 0 N–H and O–H groups in total. The molecule has 4 rings (SSSR count). The Morgan fingerprint density at radius 3 is 2.63 bits per heavy atom. The number of benzene rings is 2. The van der Waals surface area contributed by atoms with Gasteiger partial charge >= 0.3 is 0 Å². The van der Waals surface area contributed by atoms with Crippen LogP contribution in [0.2, 0.25) is 0 Å². The van der Waals surface area contributed by atoms with E-state index in [0.29, 0.717) is 31.8 Å². The quantitative estimate of drug-likeness (QED) is 0.719. The second-order valence-corrected chi connectivity index (χ2v) is 8.51. The van der Waals surface area contributed by atoms with Crippen LogP contribution in [0.3, 0.4) is 0 Å². The Balaban J connectivity index is 1.38. The van der Waals surface area contributed by atoms with Gasteiger partial charge in [-0.15, -0.1) is 0 Å². The van der Waals surface area contributed by atoms with Crippen LogP contribution in [0.25, 0.3) is 0 Å². The highest BCUT2D eigenvalue weighted by Gasteiger charge is 2.41. The maximum absolute atomic E-state index is 13.6. The smallest absolute Gasteiger partial charge is 0.223 e. The predicted molar refractivity (Wildman–Crippen MR) is 114 cm³/mol. The minimum absolute atomic E-state index is 0.0290. The van der Waals surface area contributed by atoms with Crippen molar-refractivity contribution in [2.75, 3.05) is 13.1 Å². The zero-order valence-electron chi connectivity index (χ0n) is 17.3. The third-order valence-corrected chi connectivity index (χ3v) is 6.39. The van der Waals surface area contributed by atoms with Crippen molar-refractivity contribution in [3.8, 4) is 0 Å². The molecule has 5 heteroatoms. The number of hydrogen-bond acceptors (Lipinski definition) is 2. The summed E-state index contributed by atoms with van der Waals surface area (Å²) in [5, 5.41) is 0. The zero-order valence-corrected chi connectivity index (χ0v) is 17.3. The van der Waals surface area contributed by atoms with Crippen molar-refractivity contribution in [2.45, 2.75) is 51.1 Å². The fourth-order valence-corrected chi connectivity index (χ4v) is 4.82. The van der Waals surface area contributed by atoms with Gasteiger partial charge in [-0.3, -0.25) is 9.59 Å². The van der Waals surface area contributed by atoms with E-state index >= 15 is 0 Å². The number of carbonyl (C=O) groups is 2. The van der Waals surface area contributed by atoms with Crippen LogP contribution < -0.4 is 0 Å². The SMILES string of the molecule is O=C(CCCc1ccccc1)N1CC2CCCC(=O)N(Cc3cccc(F)c3)C2C1. The fourth-order valence-electron chi connectivity index (χ4n) is 4.82. The number of nitrogens with zero attached hydrogens (tertiary/aromatic N) is 2. The Hall–Kier alpha value is -2.69. The molecular formula is C25H29FN2O2. The van der Waals surface area contributed by atoms with Crippen molar-refractivity contribution in [3.05, 3.63) is 71.5 Å². The highest BCUT2D eigenvalue weighted by atomic mass is 19.1. The first kappa shape index (κ1) is 20.6. The summed E-state index contributed by atoms with van der Waals surface area (Å²) in [6.45, 7) is 1.73. The Bertz CT molecular complexity index is 886. The molecule has 158 valence electrons. The van der Waals surface area contributed by atoms with E-state index in [1.54, 1.807) is 6.07 Å². The van der Waals surface area contributed by atoms with Crippen LogP contribution in [-0.2, 0) is 22.6 Å². The first-order chi connectivity index (χ1) is 14.6. The third-order valence-electron chi connectivity index (χ3n) is 6.39. The molecule has 0 aromatic heterocycles. The number of likely N-dealkylation sites (tertiary alicyclic amines) is 2. The third kappa shape index (κ3) is 4.89. The Labute approximate surface area is 177 Å². The second-order valence-electron chi connectivity index (χ2n) is 8.51. The van der Waals surface area contributed by atoms with Gasteiger partial charge in [0.05, 0.1) is 6.04 Å². The molecule has 2 unspecified atom stereocenters. The first-order valence-corrected chi connectivity index (χ1v) is 11.0. The summed E-state index contributed by atoms with van der Waals surface area (Å²) in [7, 11) is 0. The number of fused-ring (bicyclic) bond motifs is 1. The molecule has 2 fully saturated rings. The highest BCUT2D eigenvalue weighted by Crippen LogP contribution is 2.32. The number of rotatable bonds is 6. The zero-order chi connectivity index (χ0) is 20.9. The lowest BCUT2D eigenvalue weighted by Crippen LogP contribution is -2.43. The number of aryl methyl sites for hydroxylation is 1. The van der Waals surface area contributed by atoms with Crippen LogP contribution >= 0.6 is 0 Å². The summed E-state index contributed by atoms with van der Waals surface area (Å²) in [5.74, 6) is 0.318. The van der Waals surface area contributed by atoms with E-state index in [2.05, 4.69) is 12.1 Å². The Kier molecular flexibility index (Phi) is 6.46. The Morgan fingerprint density at radius 2 is 1.83 bits per heavy atom. The molecule has 0 bridgehead atoms. The fraction of sp³-hybridized carbons (Fsp3) is 0.440. The van der Waals surface area contributed by atoms with Crippen LogP contribution in [0.1, 0.15) is 43.2 Å². The molecule has 2 aromatic carbocycles. The number of carbonyl (C=O) groups excluding carboxylic acids is 2. The lowest BCUT2D eigenvalue weighted by atomic mass is 9.98. The molecular weight excluding hydrogens is 379 g/mol. The standard InChI is InChI=1S/C25H29FN2O2/c26-22-12-4-10-20(15-22)16-28-23-18-27(17-21(23)11-6-14-25(28)30)24(29)13-5-9-19-7-2-1-3-8-19/h1-4,7-8,10,12,15,21,23H,5-6,9,11,13-14,16-18H2. The van der Waals surface area contributed by atoms with Crippen molar-refractivity contribution in [3.63, 3.8) is 0 Å². The van der Waals surface area contributed by atoms with Gasteiger partial charge in [0.2, 0.25) is 11.8 Å². The van der Waals surface area contributed by atoms with Gasteiger partial charge in [-0.25, -0.2) is 4.39 Å². The van der Waals surface area contributed by atoms with Crippen LogP contribution in [0.4, 0.5) is 4.39 Å². The number of amides is 2. The summed E-state index contributed by atoms with van der Waals surface area (Å²) < 4.78 is 13.6. The normalized spacial score (nSPS) is 21.4. The molecule has 2 atom stereocenters. The first-order valence-electron chi connectivity index (χ1n) is 11.0. The minimum Gasteiger partial charge on any atom is -0.340 e. The van der Waals surface area contributed by atoms with E-state index < -0.39 is 0 Å². The van der Waals surface area contributed by atoms with Crippen molar-refractivity contribution in [1.82, 2.24) is 9.80 Å². The summed E-state index contributed by atoms with van der Waals surface area (Å²) in [6.07, 6.45) is 4.62. The van der Waals surface area contributed by atoms with E-state index in [9.17, 15) is 14.0 Å². The second kappa shape index (κ2) is 9.41. The van der Waals surface area contributed by atoms with E-state index in [0.717, 1.165) is 37.8 Å². The molecule has 0 saturated carbocycles. The molecule has 0 spiro atoms. The summed E-state index contributed by atoms with van der Waals surface area (Å²) in [5.41, 5.74) is 2.06. The predicted octanol–water partition coefficient (Wildman–Crippen LogP) is 4.19. The largest absolute Gasteiger partial charge is 0.340 e. The molecule has 2 aromatic rings. The van der Waals surface area contributed by atoms with Crippen LogP contribution in [0.15, 0.2) is 54.6 Å². The summed E-state index contributed by atoms with van der Waals surface area (Å²) in [6, 6.07) is 16.7. The van der Waals surface area contributed by atoms with Crippen LogP contribution in [-0.4, -0.2) is 40.7 Å². The van der Waals surface area contributed by atoms with Crippen molar-refractivity contribution in [2.24, 2.45) is 5.92 Å². The van der Waals surface area contributed by atoms with Gasteiger partial charge in [0, 0.05) is 32.5 Å². The van der Waals surface area contributed by atoms with Crippen LogP contribution in [0.5, 0.6) is 0 Å². The van der Waals surface area contributed by atoms with Gasteiger partial charge in [-0.1, -0.05) is 42.5 Å². The van der Waals surface area contributed by atoms with Crippen molar-refractivity contribution >= 4 is 11.8 Å². The van der Waals surface area contributed by atoms with Crippen molar-refractivity contribution in [1.29, 1.82) is 0 Å². The molecule has 2 heterocycles. The molecule has 0 radical (unpaired) electrons. The van der Waals surface area contributed by atoms with E-state index in [-0.39, 0.29) is 23.7 Å². The average molecular weight is 409 g/mol. The van der Waals surface area contributed by atoms with E-state index in [4.69, 9.17) is 0 Å². The minimum atomic E-state index is -0.284. The van der Waals surface area contributed by atoms with Crippen molar-refractivity contribution < 1.29 is 14.0 Å². The lowest BCUT2D eigenvalue weighted by molar-refractivity contribution is -0.135. The summed E-state index contributed by atoms with van der Waals surface area (Å²) >= 11 is 0. The maximum Gasteiger partial charge on any atom is 0.223 e. The van der Waals surface area contributed by atoms with E-state index in [1.165, 1.54) is 17.7 Å². The van der Waals surface area contributed by atoms with Gasteiger partial charge in [0.1, 0.15) is 5.82 Å². The molecule has 2 saturated heterocycles. The number of hydrogen-bond donors (Lipinski definition) is 0. The van der Waals surface area contributed by atoms with E-state index in [1.807, 2.05) is 34.1 Å². The monoisotopic (exact) mass is 408 g/mol. The maximum atomic E-state index is 13.6. The highest BCUT2D eigenvalue weighted by molar-refractivity contribution is 5.79. The van der Waals surface area contributed by atoms with Gasteiger partial charge in [0.25, 0.3) is 0 Å². The molecule has 2 aliphatic heterocycles. The molecule has 2 aliphatic rings. The van der Waals surface area contributed by atoms with Gasteiger partial charge in [-0.05, 0) is 54.9 Å². The molecule has 0 aliphatic carbocycles. The van der Waals surface area contributed by atoms with Gasteiger partial charge in [-0.2, -0.15) is 0 Å². The summed E-state index contributed by atoms with van der Waals surface area (Å²) in [4.78, 5) is 29.4.